The van der Waals surface area contributed by atoms with Gasteiger partial charge < -0.3 is 10.2 Å². The normalized spacial score (nSPS) is 15.0. The molecule has 1 heterocycles. The highest BCUT2D eigenvalue weighted by atomic mass is 35.5. The van der Waals surface area contributed by atoms with E-state index in [1.54, 1.807) is 35.6 Å². The molecule has 1 unspecified atom stereocenters. The van der Waals surface area contributed by atoms with Crippen LogP contribution in [0.1, 0.15) is 15.9 Å². The second kappa shape index (κ2) is 11.9. The molecule has 1 amide bonds. The summed E-state index contributed by atoms with van der Waals surface area (Å²) in [6.07, 6.45) is 1.59. The number of amides is 1. The minimum absolute atomic E-state index is 0.233. The number of aryl methyl sites for hydroxylation is 1. The minimum Gasteiger partial charge on any atom is -0.369 e. The molecule has 190 valence electrons. The highest BCUT2D eigenvalue weighted by Crippen LogP contribution is 2.30. The van der Waals surface area contributed by atoms with Gasteiger partial charge in [0, 0.05) is 65.8 Å². The largest absolute Gasteiger partial charge is 0.369 e. The Bertz CT molecular complexity index is 1250. The molecule has 3 aromatic carbocycles. The molecule has 1 atom stereocenters. The molecule has 0 aliphatic carbocycles. The molecule has 6 nitrogen and oxygen atoms in total. The van der Waals surface area contributed by atoms with Gasteiger partial charge in [0.1, 0.15) is 11.0 Å². The predicted molar refractivity (Wildman–Crippen MR) is 154 cm³/mol. The van der Waals surface area contributed by atoms with Gasteiger partial charge in [-0.1, -0.05) is 34.8 Å². The standard InChI is InChI=1S/C26H28Cl2N4O2S2/c1-18-4-9-25(30(2)36(3)34)24(14-18)26(33)29-21-5-7-23(8-6-21)35-32-12-10-31(11-13-32)22-16-19(27)15-20(28)17-22/h4-9,14-17H,10-13H2,1-3H3,(H,29,33). The van der Waals surface area contributed by atoms with Crippen LogP contribution in [-0.4, -0.2) is 53.9 Å². The third kappa shape index (κ3) is 6.75. The Morgan fingerprint density at radius 3 is 2.22 bits per heavy atom. The van der Waals surface area contributed by atoms with Crippen LogP contribution in [0.4, 0.5) is 17.1 Å². The fourth-order valence-corrected chi connectivity index (χ4v) is 5.80. The first-order valence-corrected chi connectivity index (χ1v) is 14.5. The third-order valence-electron chi connectivity index (χ3n) is 5.92. The Hall–Kier alpha value is -2.23. The number of benzene rings is 3. The molecule has 0 saturated carbocycles. The van der Waals surface area contributed by atoms with Crippen molar-refractivity contribution in [2.75, 3.05) is 54.0 Å². The molecule has 0 spiro atoms. The van der Waals surface area contributed by atoms with Crippen molar-refractivity contribution in [2.45, 2.75) is 11.8 Å². The lowest BCUT2D eigenvalue weighted by atomic mass is 10.1. The molecule has 4 rings (SSSR count). The van der Waals surface area contributed by atoms with E-state index < -0.39 is 11.0 Å². The van der Waals surface area contributed by atoms with Gasteiger partial charge in [-0.25, -0.2) is 8.51 Å². The number of nitrogens with zero attached hydrogens (tertiary/aromatic N) is 3. The highest BCUT2D eigenvalue weighted by molar-refractivity contribution is 7.97. The molecule has 10 heteroatoms. The second-order valence-corrected chi connectivity index (χ2v) is 12.0. The third-order valence-corrected chi connectivity index (χ3v) is 8.43. The summed E-state index contributed by atoms with van der Waals surface area (Å²) < 4.78 is 15.9. The summed E-state index contributed by atoms with van der Waals surface area (Å²) >= 11 is 14.0. The van der Waals surface area contributed by atoms with E-state index in [-0.39, 0.29) is 5.91 Å². The lowest BCUT2D eigenvalue weighted by molar-refractivity contribution is 0.102. The number of carbonyl (C=O) groups is 1. The van der Waals surface area contributed by atoms with Crippen LogP contribution < -0.4 is 14.5 Å². The maximum absolute atomic E-state index is 13.0. The first-order chi connectivity index (χ1) is 17.2. The molecule has 1 fully saturated rings. The smallest absolute Gasteiger partial charge is 0.257 e. The first kappa shape index (κ1) is 26.8. The van der Waals surface area contributed by atoms with Crippen molar-refractivity contribution in [3.05, 3.63) is 81.8 Å². The molecule has 3 aromatic rings. The van der Waals surface area contributed by atoms with E-state index in [1.807, 2.05) is 61.5 Å². The summed E-state index contributed by atoms with van der Waals surface area (Å²) in [5.41, 5.74) is 3.84. The first-order valence-electron chi connectivity index (χ1n) is 11.4. The number of hydrogen-bond acceptors (Lipinski definition) is 5. The van der Waals surface area contributed by atoms with Gasteiger partial charge in [0.15, 0.2) is 0 Å². The van der Waals surface area contributed by atoms with Gasteiger partial charge in [-0.05, 0) is 73.5 Å². The van der Waals surface area contributed by atoms with Crippen molar-refractivity contribution >= 4 is 69.1 Å². The predicted octanol–water partition coefficient (Wildman–Crippen LogP) is 6.11. The molecule has 1 aliphatic heterocycles. The number of carbonyl (C=O) groups excluding carboxylic acids is 1. The van der Waals surface area contributed by atoms with Crippen LogP contribution >= 0.6 is 35.1 Å². The van der Waals surface area contributed by atoms with Crippen LogP contribution in [0.25, 0.3) is 0 Å². The van der Waals surface area contributed by atoms with Crippen molar-refractivity contribution in [1.82, 2.24) is 4.31 Å². The maximum Gasteiger partial charge on any atom is 0.257 e. The molecule has 1 aliphatic rings. The summed E-state index contributed by atoms with van der Waals surface area (Å²) in [7, 11) is 0.483. The molecule has 1 saturated heterocycles. The van der Waals surface area contributed by atoms with Gasteiger partial charge in [-0.2, -0.15) is 0 Å². The summed E-state index contributed by atoms with van der Waals surface area (Å²) in [4.78, 5) is 16.4. The Balaban J connectivity index is 1.35. The Morgan fingerprint density at radius 1 is 0.972 bits per heavy atom. The molecule has 0 aromatic heterocycles. The summed E-state index contributed by atoms with van der Waals surface area (Å²) in [5.74, 6) is -0.233. The fourth-order valence-electron chi connectivity index (χ4n) is 3.95. The minimum atomic E-state index is -1.23. The van der Waals surface area contributed by atoms with Gasteiger partial charge >= 0.3 is 0 Å². The van der Waals surface area contributed by atoms with E-state index in [0.717, 1.165) is 42.3 Å². The van der Waals surface area contributed by atoms with E-state index in [1.165, 1.54) is 0 Å². The second-order valence-electron chi connectivity index (χ2n) is 8.56. The molecule has 0 bridgehead atoms. The van der Waals surface area contributed by atoms with Gasteiger partial charge in [0.05, 0.1) is 11.3 Å². The summed E-state index contributed by atoms with van der Waals surface area (Å²) in [5, 5.41) is 4.26. The van der Waals surface area contributed by atoms with Crippen molar-refractivity contribution in [3.63, 3.8) is 0 Å². The number of rotatable bonds is 7. The SMILES string of the molecule is Cc1ccc(N(C)S(C)=O)c(C(=O)Nc2ccc(SN3CCN(c4cc(Cl)cc(Cl)c4)CC3)cc2)c1. The van der Waals surface area contributed by atoms with E-state index in [2.05, 4.69) is 14.5 Å². The van der Waals surface area contributed by atoms with Crippen LogP contribution in [-0.2, 0) is 11.0 Å². The topological polar surface area (TPSA) is 55.9 Å². The molecular weight excluding hydrogens is 535 g/mol. The molecule has 1 N–H and O–H groups in total. The zero-order valence-electron chi connectivity index (χ0n) is 20.3. The highest BCUT2D eigenvalue weighted by Gasteiger charge is 2.20. The number of halogens is 2. The van der Waals surface area contributed by atoms with Crippen LogP contribution in [0.15, 0.2) is 65.6 Å². The van der Waals surface area contributed by atoms with Gasteiger partial charge in [0.25, 0.3) is 5.91 Å². The molecular formula is C26H28Cl2N4O2S2. The quantitative estimate of drug-likeness (QED) is 0.352. The van der Waals surface area contributed by atoms with Crippen LogP contribution in [0.3, 0.4) is 0 Å². The van der Waals surface area contributed by atoms with Crippen molar-refractivity contribution in [1.29, 1.82) is 0 Å². The Morgan fingerprint density at radius 2 is 1.61 bits per heavy atom. The number of anilines is 3. The van der Waals surface area contributed by atoms with Gasteiger partial charge in [-0.15, -0.1) is 0 Å². The molecule has 0 radical (unpaired) electrons. The van der Waals surface area contributed by atoms with E-state index in [9.17, 15) is 9.00 Å². The van der Waals surface area contributed by atoms with Crippen molar-refractivity contribution in [2.24, 2.45) is 0 Å². The monoisotopic (exact) mass is 562 g/mol. The lowest BCUT2D eigenvalue weighted by Crippen LogP contribution is -2.43. The average Bonchev–Trinajstić information content (AvgIpc) is 2.84. The maximum atomic E-state index is 13.0. The zero-order chi connectivity index (χ0) is 25.8. The van der Waals surface area contributed by atoms with Crippen LogP contribution in [0, 0.1) is 6.92 Å². The Labute approximate surface area is 229 Å². The zero-order valence-corrected chi connectivity index (χ0v) is 23.5. The number of piperazine rings is 1. The summed E-state index contributed by atoms with van der Waals surface area (Å²) in [6, 6.07) is 19.0. The number of nitrogens with one attached hydrogen (secondary N) is 1. The summed E-state index contributed by atoms with van der Waals surface area (Å²) in [6.45, 7) is 5.49. The van der Waals surface area contributed by atoms with Gasteiger partial charge in [0.2, 0.25) is 0 Å². The van der Waals surface area contributed by atoms with E-state index >= 15 is 0 Å². The van der Waals surface area contributed by atoms with Crippen LogP contribution in [0.5, 0.6) is 0 Å². The Kier molecular flexibility index (Phi) is 8.85. The van der Waals surface area contributed by atoms with Gasteiger partial charge in [-0.3, -0.25) is 9.10 Å². The van der Waals surface area contributed by atoms with Crippen molar-refractivity contribution < 1.29 is 9.00 Å². The fraction of sp³-hybridized carbons (Fsp3) is 0.269. The van der Waals surface area contributed by atoms with Crippen LogP contribution in [0.2, 0.25) is 10.0 Å². The number of hydrogen-bond donors (Lipinski definition) is 1. The molecule has 36 heavy (non-hydrogen) atoms. The van der Waals surface area contributed by atoms with E-state index in [0.29, 0.717) is 27.0 Å². The van der Waals surface area contributed by atoms with E-state index in [4.69, 9.17) is 23.2 Å². The lowest BCUT2D eigenvalue weighted by Gasteiger charge is -2.35. The average molecular weight is 564 g/mol. The van der Waals surface area contributed by atoms with Crippen molar-refractivity contribution in [3.8, 4) is 0 Å².